The maximum atomic E-state index is 5.79. The van der Waals surface area contributed by atoms with E-state index in [-0.39, 0.29) is 0 Å². The van der Waals surface area contributed by atoms with Gasteiger partial charge in [-0.15, -0.1) is 5.10 Å². The van der Waals surface area contributed by atoms with Gasteiger partial charge in [0.25, 0.3) is 0 Å². The van der Waals surface area contributed by atoms with Gasteiger partial charge in [-0.05, 0) is 21.9 Å². The van der Waals surface area contributed by atoms with Gasteiger partial charge in [-0.3, -0.25) is 0 Å². The fraction of sp³-hybridized carbons (Fsp3) is 0. The normalized spacial score (nSPS) is 11.1. The van der Waals surface area contributed by atoms with Crippen molar-refractivity contribution in [3.8, 4) is 0 Å². The number of nitrogens with two attached hydrogens (primary N) is 1. The summed E-state index contributed by atoms with van der Waals surface area (Å²) in [5.41, 5.74) is 6.48. The van der Waals surface area contributed by atoms with E-state index in [1.807, 2.05) is 30.3 Å². The average Bonchev–Trinajstić information content (AvgIpc) is 2.67. The molecule has 3 aromatic rings. The standard InChI is InChI=1S/C9H7N5/c10-8-5-6-3-1-2-4-7(6)9-11-12-13-14(8)9/h1-5H,10H2. The Bertz CT molecular complexity index is 613. The first kappa shape index (κ1) is 7.25. The lowest BCUT2D eigenvalue weighted by molar-refractivity contribution is 0.831. The molecule has 2 N–H and O–H groups in total. The number of anilines is 1. The minimum Gasteiger partial charge on any atom is -0.384 e. The Morgan fingerprint density at radius 1 is 1.21 bits per heavy atom. The number of hydrogen-bond donors (Lipinski definition) is 1. The molecule has 0 unspecified atom stereocenters. The van der Waals surface area contributed by atoms with Crippen LogP contribution in [0.2, 0.25) is 0 Å². The second-order valence-corrected chi connectivity index (χ2v) is 3.07. The molecule has 3 rings (SSSR count). The summed E-state index contributed by atoms with van der Waals surface area (Å²) in [6, 6.07) is 9.73. The van der Waals surface area contributed by atoms with E-state index in [4.69, 9.17) is 5.73 Å². The number of fused-ring (bicyclic) bond motifs is 3. The largest absolute Gasteiger partial charge is 0.384 e. The van der Waals surface area contributed by atoms with Crippen molar-refractivity contribution in [3.63, 3.8) is 0 Å². The molecule has 5 nitrogen and oxygen atoms in total. The summed E-state index contributed by atoms with van der Waals surface area (Å²) < 4.78 is 1.53. The van der Waals surface area contributed by atoms with Crippen LogP contribution in [-0.4, -0.2) is 20.0 Å². The molecule has 0 radical (unpaired) electrons. The van der Waals surface area contributed by atoms with Crippen LogP contribution >= 0.6 is 0 Å². The molecule has 2 aromatic heterocycles. The molecular formula is C9H7N5. The average molecular weight is 185 g/mol. The lowest BCUT2D eigenvalue weighted by atomic mass is 10.2. The third-order valence-corrected chi connectivity index (χ3v) is 2.22. The number of nitrogen functional groups attached to an aromatic ring is 1. The molecular weight excluding hydrogens is 178 g/mol. The van der Waals surface area contributed by atoms with Crippen molar-refractivity contribution in [2.75, 3.05) is 5.73 Å². The summed E-state index contributed by atoms with van der Waals surface area (Å²) in [4.78, 5) is 0. The number of benzene rings is 1. The molecule has 14 heavy (non-hydrogen) atoms. The summed E-state index contributed by atoms with van der Waals surface area (Å²) in [6.45, 7) is 0. The first-order valence-corrected chi connectivity index (χ1v) is 4.21. The Balaban J connectivity index is 2.66. The molecule has 1 aromatic carbocycles. The van der Waals surface area contributed by atoms with Gasteiger partial charge in [0, 0.05) is 5.39 Å². The predicted molar refractivity (Wildman–Crippen MR) is 52.7 cm³/mol. The molecule has 0 aliphatic heterocycles. The molecule has 5 heteroatoms. The highest BCUT2D eigenvalue weighted by Crippen LogP contribution is 2.20. The fourth-order valence-corrected chi connectivity index (χ4v) is 1.58. The fourth-order valence-electron chi connectivity index (χ4n) is 1.58. The number of aromatic nitrogens is 4. The predicted octanol–water partition coefficient (Wildman–Crippen LogP) is 0.860. The number of tetrazole rings is 1. The molecule has 68 valence electrons. The molecule has 0 fully saturated rings. The quantitative estimate of drug-likeness (QED) is 0.564. The van der Waals surface area contributed by atoms with Crippen molar-refractivity contribution in [3.05, 3.63) is 30.3 Å². The first-order chi connectivity index (χ1) is 6.86. The van der Waals surface area contributed by atoms with Gasteiger partial charge in [-0.2, -0.15) is 4.52 Å². The van der Waals surface area contributed by atoms with Crippen molar-refractivity contribution in [2.24, 2.45) is 0 Å². The highest BCUT2D eigenvalue weighted by atomic mass is 15.5. The van der Waals surface area contributed by atoms with Gasteiger partial charge in [0.1, 0.15) is 5.82 Å². The number of pyridine rings is 1. The number of nitrogens with zero attached hydrogens (tertiary/aromatic N) is 4. The van der Waals surface area contributed by atoms with Gasteiger partial charge in [0.15, 0.2) is 5.65 Å². The lowest BCUT2D eigenvalue weighted by Crippen LogP contribution is -1.98. The minimum atomic E-state index is 0.545. The van der Waals surface area contributed by atoms with Crippen LogP contribution in [0.3, 0.4) is 0 Å². The second kappa shape index (κ2) is 2.41. The summed E-state index contributed by atoms with van der Waals surface area (Å²) in [6.07, 6.45) is 0. The van der Waals surface area contributed by atoms with Gasteiger partial charge < -0.3 is 5.73 Å². The van der Waals surface area contributed by atoms with Crippen LogP contribution in [0.4, 0.5) is 5.82 Å². The monoisotopic (exact) mass is 185 g/mol. The van der Waals surface area contributed by atoms with E-state index in [9.17, 15) is 0 Å². The second-order valence-electron chi connectivity index (χ2n) is 3.07. The Hall–Kier alpha value is -2.17. The number of hydrogen-bond acceptors (Lipinski definition) is 4. The molecule has 0 saturated heterocycles. The van der Waals surface area contributed by atoms with Gasteiger partial charge >= 0.3 is 0 Å². The maximum Gasteiger partial charge on any atom is 0.189 e. The van der Waals surface area contributed by atoms with E-state index in [1.165, 1.54) is 4.52 Å². The van der Waals surface area contributed by atoms with E-state index < -0.39 is 0 Å². The minimum absolute atomic E-state index is 0.545. The SMILES string of the molecule is Nc1cc2ccccc2c2nnnn12. The third kappa shape index (κ3) is 0.806. The van der Waals surface area contributed by atoms with Crippen molar-refractivity contribution in [2.45, 2.75) is 0 Å². The summed E-state index contributed by atoms with van der Waals surface area (Å²) in [5.74, 6) is 0.545. The van der Waals surface area contributed by atoms with E-state index in [0.717, 1.165) is 10.8 Å². The van der Waals surface area contributed by atoms with E-state index >= 15 is 0 Å². The van der Waals surface area contributed by atoms with Gasteiger partial charge in [0.05, 0.1) is 0 Å². The summed E-state index contributed by atoms with van der Waals surface area (Å²) >= 11 is 0. The third-order valence-electron chi connectivity index (χ3n) is 2.22. The van der Waals surface area contributed by atoms with E-state index in [2.05, 4.69) is 15.5 Å². The molecule has 0 aliphatic carbocycles. The van der Waals surface area contributed by atoms with Crippen molar-refractivity contribution in [1.82, 2.24) is 20.0 Å². The Kier molecular flexibility index (Phi) is 1.25. The van der Waals surface area contributed by atoms with Crippen molar-refractivity contribution >= 4 is 22.2 Å². The molecule has 0 amide bonds. The smallest absolute Gasteiger partial charge is 0.189 e. The highest BCUT2D eigenvalue weighted by molar-refractivity contribution is 5.95. The molecule has 2 heterocycles. The van der Waals surface area contributed by atoms with Gasteiger partial charge in [-0.1, -0.05) is 24.3 Å². The van der Waals surface area contributed by atoms with E-state index in [1.54, 1.807) is 0 Å². The lowest BCUT2D eigenvalue weighted by Gasteiger charge is -2.00. The highest BCUT2D eigenvalue weighted by Gasteiger charge is 2.05. The van der Waals surface area contributed by atoms with Crippen LogP contribution in [0.1, 0.15) is 0 Å². The zero-order valence-corrected chi connectivity index (χ0v) is 7.25. The van der Waals surface area contributed by atoms with Crippen molar-refractivity contribution < 1.29 is 0 Å². The van der Waals surface area contributed by atoms with Gasteiger partial charge in [-0.25, -0.2) is 0 Å². The zero-order chi connectivity index (χ0) is 9.54. The molecule has 0 bridgehead atoms. The Morgan fingerprint density at radius 3 is 3.00 bits per heavy atom. The summed E-state index contributed by atoms with van der Waals surface area (Å²) in [5, 5.41) is 13.4. The molecule has 0 atom stereocenters. The van der Waals surface area contributed by atoms with Crippen LogP contribution in [0.5, 0.6) is 0 Å². The molecule has 0 spiro atoms. The van der Waals surface area contributed by atoms with Crippen LogP contribution in [-0.2, 0) is 0 Å². The van der Waals surface area contributed by atoms with Crippen molar-refractivity contribution in [1.29, 1.82) is 0 Å². The molecule has 0 saturated carbocycles. The Morgan fingerprint density at radius 2 is 2.07 bits per heavy atom. The van der Waals surface area contributed by atoms with E-state index in [0.29, 0.717) is 11.5 Å². The Labute approximate surface area is 79.1 Å². The van der Waals surface area contributed by atoms with Gasteiger partial charge in [0.2, 0.25) is 0 Å². The number of rotatable bonds is 0. The van der Waals surface area contributed by atoms with Crippen LogP contribution in [0.25, 0.3) is 16.4 Å². The maximum absolute atomic E-state index is 5.79. The first-order valence-electron chi connectivity index (χ1n) is 4.21. The topological polar surface area (TPSA) is 69.1 Å². The van der Waals surface area contributed by atoms with Crippen LogP contribution < -0.4 is 5.73 Å². The molecule has 0 aliphatic rings. The van der Waals surface area contributed by atoms with Crippen LogP contribution in [0, 0.1) is 0 Å². The van der Waals surface area contributed by atoms with Crippen LogP contribution in [0.15, 0.2) is 30.3 Å². The summed E-state index contributed by atoms with van der Waals surface area (Å²) in [7, 11) is 0. The zero-order valence-electron chi connectivity index (χ0n) is 7.25.